The smallest absolute Gasteiger partial charge is 0.0412 e. The van der Waals surface area contributed by atoms with Crippen molar-refractivity contribution in [3.8, 4) is 0 Å². The number of benzene rings is 1. The molecular weight excluding hydrogens is 226 g/mol. The predicted octanol–water partition coefficient (Wildman–Crippen LogP) is 3.71. The van der Waals surface area contributed by atoms with Gasteiger partial charge in [-0.25, -0.2) is 0 Å². The van der Waals surface area contributed by atoms with Gasteiger partial charge in [0.1, 0.15) is 0 Å². The Morgan fingerprint density at radius 3 is 3.00 bits per heavy atom. The molecule has 0 fully saturated rings. The predicted molar refractivity (Wildman–Crippen MR) is 69.1 cm³/mol. The van der Waals surface area contributed by atoms with Crippen LogP contribution in [0.4, 0.5) is 0 Å². The molecule has 0 amide bonds. The van der Waals surface area contributed by atoms with E-state index >= 15 is 0 Å². The maximum Gasteiger partial charge on any atom is 0.0412 e. The zero-order valence-corrected chi connectivity index (χ0v) is 10.3. The largest absolute Gasteiger partial charge is 0.320 e. The summed E-state index contributed by atoms with van der Waals surface area (Å²) in [4.78, 5) is 1.45. The van der Waals surface area contributed by atoms with Crippen molar-refractivity contribution < 1.29 is 0 Å². The molecule has 2 aromatic rings. The summed E-state index contributed by atoms with van der Waals surface area (Å²) in [6.07, 6.45) is 2.34. The van der Waals surface area contributed by atoms with Crippen molar-refractivity contribution in [1.29, 1.82) is 0 Å². The minimum absolute atomic E-state index is 0.821. The van der Waals surface area contributed by atoms with Crippen LogP contribution in [0.2, 0.25) is 5.02 Å². The van der Waals surface area contributed by atoms with Crippen LogP contribution in [0.5, 0.6) is 0 Å². The summed E-state index contributed by atoms with van der Waals surface area (Å²) in [5.74, 6) is 0. The highest BCUT2D eigenvalue weighted by Gasteiger charge is 2.01. The second-order valence-electron chi connectivity index (χ2n) is 3.60. The van der Waals surface area contributed by atoms with Gasteiger partial charge in [0.05, 0.1) is 0 Å². The third-order valence-electron chi connectivity index (χ3n) is 2.38. The first-order valence-corrected chi connectivity index (χ1v) is 6.31. The lowest BCUT2D eigenvalue weighted by molar-refractivity contribution is 0.729. The van der Waals surface area contributed by atoms with Crippen LogP contribution in [-0.4, -0.2) is 13.6 Å². The Morgan fingerprint density at radius 1 is 1.33 bits per heavy atom. The summed E-state index contributed by atoms with van der Waals surface area (Å²) in [7, 11) is 1.99. The van der Waals surface area contributed by atoms with Gasteiger partial charge in [-0.2, -0.15) is 0 Å². The Labute approximate surface area is 99.1 Å². The van der Waals surface area contributed by atoms with E-state index in [2.05, 4.69) is 17.4 Å². The van der Waals surface area contributed by atoms with Crippen LogP contribution in [0.3, 0.4) is 0 Å². The number of fused-ring (bicyclic) bond motifs is 1. The normalized spacial score (nSPS) is 11.1. The maximum atomic E-state index is 5.95. The molecular formula is C12H14ClNS. The summed E-state index contributed by atoms with van der Waals surface area (Å²) in [6, 6.07) is 8.35. The molecule has 1 aromatic heterocycles. The monoisotopic (exact) mass is 239 g/mol. The minimum Gasteiger partial charge on any atom is -0.320 e. The topological polar surface area (TPSA) is 12.0 Å². The van der Waals surface area contributed by atoms with Gasteiger partial charge in [0.25, 0.3) is 0 Å². The average Bonchev–Trinajstić information content (AvgIpc) is 2.60. The molecule has 1 N–H and O–H groups in total. The molecule has 0 aliphatic rings. The molecule has 0 aliphatic carbocycles. The van der Waals surface area contributed by atoms with Crippen LogP contribution >= 0.6 is 22.9 Å². The molecule has 0 saturated heterocycles. The standard InChI is InChI=1S/C12H14ClNS/c1-14-6-2-3-11-8-9-7-10(13)4-5-12(9)15-11/h4-5,7-8,14H,2-3,6H2,1H3. The van der Waals surface area contributed by atoms with Crippen molar-refractivity contribution in [3.05, 3.63) is 34.2 Å². The van der Waals surface area contributed by atoms with E-state index in [1.54, 1.807) is 0 Å². The highest BCUT2D eigenvalue weighted by molar-refractivity contribution is 7.19. The molecule has 1 heterocycles. The lowest BCUT2D eigenvalue weighted by atomic mass is 10.2. The van der Waals surface area contributed by atoms with Crippen molar-refractivity contribution in [2.24, 2.45) is 0 Å². The van der Waals surface area contributed by atoms with E-state index in [4.69, 9.17) is 11.6 Å². The quantitative estimate of drug-likeness (QED) is 0.803. The third kappa shape index (κ3) is 2.71. The fraction of sp³-hybridized carbons (Fsp3) is 0.333. The molecule has 2 rings (SSSR count). The first-order chi connectivity index (χ1) is 7.29. The Morgan fingerprint density at radius 2 is 2.20 bits per heavy atom. The molecule has 0 saturated carbocycles. The third-order valence-corrected chi connectivity index (χ3v) is 3.79. The number of hydrogen-bond donors (Lipinski definition) is 1. The zero-order chi connectivity index (χ0) is 10.7. The molecule has 0 radical (unpaired) electrons. The first-order valence-electron chi connectivity index (χ1n) is 5.12. The van der Waals surface area contributed by atoms with Crippen molar-refractivity contribution in [2.45, 2.75) is 12.8 Å². The Kier molecular flexibility index (Phi) is 3.62. The number of hydrogen-bond acceptors (Lipinski definition) is 2. The van der Waals surface area contributed by atoms with Crippen LogP contribution < -0.4 is 5.32 Å². The number of rotatable bonds is 4. The van der Waals surface area contributed by atoms with Gasteiger partial charge in [-0.1, -0.05) is 11.6 Å². The van der Waals surface area contributed by atoms with Gasteiger partial charge >= 0.3 is 0 Å². The zero-order valence-electron chi connectivity index (χ0n) is 8.72. The lowest BCUT2D eigenvalue weighted by Gasteiger charge is -1.95. The summed E-state index contributed by atoms with van der Waals surface area (Å²) in [6.45, 7) is 1.08. The Bertz CT molecular complexity index is 450. The van der Waals surface area contributed by atoms with E-state index < -0.39 is 0 Å². The van der Waals surface area contributed by atoms with Crippen molar-refractivity contribution in [1.82, 2.24) is 5.32 Å². The molecule has 1 nitrogen and oxygen atoms in total. The van der Waals surface area contributed by atoms with Crippen LogP contribution in [0.15, 0.2) is 24.3 Å². The molecule has 3 heteroatoms. The second kappa shape index (κ2) is 4.97. The SMILES string of the molecule is CNCCCc1cc2cc(Cl)ccc2s1. The molecule has 0 unspecified atom stereocenters. The molecule has 0 spiro atoms. The van der Waals surface area contributed by atoms with Gasteiger partial charge in [-0.3, -0.25) is 0 Å². The van der Waals surface area contributed by atoms with Gasteiger partial charge in [0.2, 0.25) is 0 Å². The van der Waals surface area contributed by atoms with E-state index in [1.165, 1.54) is 21.4 Å². The fourth-order valence-electron chi connectivity index (χ4n) is 1.63. The van der Waals surface area contributed by atoms with Gasteiger partial charge in [0, 0.05) is 14.6 Å². The molecule has 0 bridgehead atoms. The van der Waals surface area contributed by atoms with E-state index in [-0.39, 0.29) is 0 Å². The number of thiophene rings is 1. The summed E-state index contributed by atoms with van der Waals surface area (Å²) < 4.78 is 1.33. The lowest BCUT2D eigenvalue weighted by Crippen LogP contribution is -2.07. The highest BCUT2D eigenvalue weighted by Crippen LogP contribution is 2.28. The summed E-state index contributed by atoms with van der Waals surface area (Å²) in [5, 5.41) is 5.26. The second-order valence-corrected chi connectivity index (χ2v) is 5.21. The summed E-state index contributed by atoms with van der Waals surface area (Å²) >= 11 is 7.82. The van der Waals surface area contributed by atoms with Gasteiger partial charge in [-0.05, 0) is 56.1 Å². The van der Waals surface area contributed by atoms with Crippen molar-refractivity contribution in [2.75, 3.05) is 13.6 Å². The Hall–Kier alpha value is -0.570. The van der Waals surface area contributed by atoms with Crippen LogP contribution in [-0.2, 0) is 6.42 Å². The minimum atomic E-state index is 0.821. The van der Waals surface area contributed by atoms with Crippen LogP contribution in [0, 0.1) is 0 Å². The van der Waals surface area contributed by atoms with E-state index in [9.17, 15) is 0 Å². The number of halogens is 1. The first kappa shape index (κ1) is 10.9. The van der Waals surface area contributed by atoms with Gasteiger partial charge in [0.15, 0.2) is 0 Å². The fourth-order valence-corrected chi connectivity index (χ4v) is 2.90. The van der Waals surface area contributed by atoms with Crippen LogP contribution in [0.1, 0.15) is 11.3 Å². The number of nitrogens with one attached hydrogen (secondary N) is 1. The molecule has 0 aliphatic heterocycles. The van der Waals surface area contributed by atoms with Crippen LogP contribution in [0.25, 0.3) is 10.1 Å². The highest BCUT2D eigenvalue weighted by atomic mass is 35.5. The average molecular weight is 240 g/mol. The van der Waals surface area contributed by atoms with Crippen molar-refractivity contribution >= 4 is 33.0 Å². The van der Waals surface area contributed by atoms with E-state index in [1.807, 2.05) is 30.5 Å². The van der Waals surface area contributed by atoms with E-state index in [0.717, 1.165) is 18.0 Å². The Balaban J connectivity index is 2.16. The van der Waals surface area contributed by atoms with Gasteiger partial charge in [-0.15, -0.1) is 11.3 Å². The van der Waals surface area contributed by atoms with Gasteiger partial charge < -0.3 is 5.32 Å². The maximum absolute atomic E-state index is 5.95. The number of aryl methyl sites for hydroxylation is 1. The molecule has 0 atom stereocenters. The summed E-state index contributed by atoms with van der Waals surface area (Å²) in [5.41, 5.74) is 0. The van der Waals surface area contributed by atoms with Crippen molar-refractivity contribution in [3.63, 3.8) is 0 Å². The molecule has 15 heavy (non-hydrogen) atoms. The molecule has 1 aromatic carbocycles. The van der Waals surface area contributed by atoms with E-state index in [0.29, 0.717) is 0 Å². The molecule has 80 valence electrons.